The quantitative estimate of drug-likeness (QED) is 0.818. The highest BCUT2D eigenvalue weighted by Crippen LogP contribution is 2.16. The number of nitrogens with zero attached hydrogens (tertiary/aromatic N) is 3. The molecular formula is C13H14ClN3OS. The van der Waals surface area contributed by atoms with E-state index in [0.717, 1.165) is 15.6 Å². The van der Waals surface area contributed by atoms with Crippen LogP contribution < -0.4 is 0 Å². The van der Waals surface area contributed by atoms with Crippen molar-refractivity contribution in [2.24, 2.45) is 0 Å². The van der Waals surface area contributed by atoms with E-state index >= 15 is 0 Å². The zero-order chi connectivity index (χ0) is 14.0. The molecule has 0 aliphatic rings. The molecule has 0 fully saturated rings. The third-order valence-electron chi connectivity index (χ3n) is 2.58. The molecule has 0 atom stereocenters. The van der Waals surface area contributed by atoms with Crippen LogP contribution in [0.1, 0.15) is 25.9 Å². The van der Waals surface area contributed by atoms with Crippen LogP contribution in [0.4, 0.5) is 0 Å². The Bertz CT molecular complexity index is 591. The maximum Gasteiger partial charge on any atom is 0.254 e. The molecule has 2 heterocycles. The van der Waals surface area contributed by atoms with Crippen molar-refractivity contribution in [3.8, 4) is 0 Å². The van der Waals surface area contributed by atoms with Crippen LogP contribution in [-0.2, 0) is 6.54 Å². The minimum Gasteiger partial charge on any atom is -0.337 e. The maximum absolute atomic E-state index is 12.3. The van der Waals surface area contributed by atoms with Gasteiger partial charge < -0.3 is 4.90 Å². The Morgan fingerprint density at radius 3 is 2.74 bits per heavy atom. The summed E-state index contributed by atoms with van der Waals surface area (Å²) in [5.41, 5.74) is 1.29. The summed E-state index contributed by atoms with van der Waals surface area (Å²) in [5, 5.41) is 1.34. The molecule has 0 aliphatic carbocycles. The smallest absolute Gasteiger partial charge is 0.254 e. The molecule has 0 N–H and O–H groups in total. The van der Waals surface area contributed by atoms with E-state index in [2.05, 4.69) is 9.97 Å². The Balaban J connectivity index is 2.14. The Morgan fingerprint density at radius 2 is 2.16 bits per heavy atom. The van der Waals surface area contributed by atoms with Crippen LogP contribution in [0.15, 0.2) is 18.3 Å². The largest absolute Gasteiger partial charge is 0.337 e. The molecule has 4 nitrogen and oxygen atoms in total. The normalized spacial score (nSPS) is 10.5. The number of rotatable bonds is 3. The molecule has 0 bridgehead atoms. The van der Waals surface area contributed by atoms with Gasteiger partial charge in [-0.3, -0.25) is 4.79 Å². The van der Waals surface area contributed by atoms with Crippen LogP contribution in [0.5, 0.6) is 0 Å². The van der Waals surface area contributed by atoms with Crippen molar-refractivity contribution in [2.75, 3.05) is 7.05 Å². The highest BCUT2D eigenvalue weighted by molar-refractivity contribution is 7.11. The van der Waals surface area contributed by atoms with Gasteiger partial charge in [0.05, 0.1) is 11.6 Å². The van der Waals surface area contributed by atoms with Crippen molar-refractivity contribution in [3.63, 3.8) is 0 Å². The number of hydrogen-bond donors (Lipinski definition) is 0. The van der Waals surface area contributed by atoms with E-state index in [0.29, 0.717) is 17.3 Å². The van der Waals surface area contributed by atoms with Crippen molar-refractivity contribution >= 4 is 28.8 Å². The van der Waals surface area contributed by atoms with Gasteiger partial charge in [0.25, 0.3) is 5.91 Å². The molecule has 19 heavy (non-hydrogen) atoms. The highest BCUT2D eigenvalue weighted by atomic mass is 35.5. The second-order valence-corrected chi connectivity index (χ2v) is 6.03. The van der Waals surface area contributed by atoms with E-state index in [-0.39, 0.29) is 5.91 Å². The molecule has 0 saturated carbocycles. The molecule has 2 aromatic heterocycles. The van der Waals surface area contributed by atoms with E-state index < -0.39 is 0 Å². The molecular weight excluding hydrogens is 282 g/mol. The maximum atomic E-state index is 12.3. The predicted octanol–water partition coefficient (Wildman–Crippen LogP) is 3.08. The van der Waals surface area contributed by atoms with Crippen molar-refractivity contribution < 1.29 is 4.79 Å². The van der Waals surface area contributed by atoms with E-state index in [1.165, 1.54) is 0 Å². The highest BCUT2D eigenvalue weighted by Gasteiger charge is 2.14. The Morgan fingerprint density at radius 1 is 1.42 bits per heavy atom. The van der Waals surface area contributed by atoms with Gasteiger partial charge in [-0.25, -0.2) is 9.97 Å². The second-order valence-electron chi connectivity index (χ2n) is 4.33. The summed E-state index contributed by atoms with van der Waals surface area (Å²) in [7, 11) is 1.76. The summed E-state index contributed by atoms with van der Waals surface area (Å²) in [4.78, 5) is 23.2. The van der Waals surface area contributed by atoms with Crippen LogP contribution in [-0.4, -0.2) is 27.8 Å². The average Bonchev–Trinajstić information content (AvgIpc) is 2.72. The minimum absolute atomic E-state index is 0.0709. The summed E-state index contributed by atoms with van der Waals surface area (Å²) in [6.45, 7) is 4.31. The third-order valence-corrected chi connectivity index (χ3v) is 3.67. The molecule has 6 heteroatoms. The van der Waals surface area contributed by atoms with Gasteiger partial charge in [-0.05, 0) is 26.0 Å². The van der Waals surface area contributed by atoms with Gasteiger partial charge in [-0.15, -0.1) is 11.3 Å². The van der Waals surface area contributed by atoms with E-state index in [9.17, 15) is 4.79 Å². The molecule has 0 spiro atoms. The lowest BCUT2D eigenvalue weighted by Gasteiger charge is -2.16. The van der Waals surface area contributed by atoms with Crippen LogP contribution in [0.3, 0.4) is 0 Å². The van der Waals surface area contributed by atoms with Gasteiger partial charge in [-0.1, -0.05) is 11.6 Å². The van der Waals surface area contributed by atoms with Gasteiger partial charge >= 0.3 is 0 Å². The number of thiazole rings is 1. The van der Waals surface area contributed by atoms with Crippen LogP contribution >= 0.6 is 22.9 Å². The van der Waals surface area contributed by atoms with Crippen molar-refractivity contribution in [1.29, 1.82) is 0 Å². The number of amides is 1. The molecule has 2 aromatic rings. The van der Waals surface area contributed by atoms with Gasteiger partial charge in [0.1, 0.15) is 5.15 Å². The van der Waals surface area contributed by atoms with Gasteiger partial charge in [0, 0.05) is 29.4 Å². The SMILES string of the molecule is Cc1cc(C(=O)N(C)Cc2cnc(C)s2)cc(Cl)n1. The summed E-state index contributed by atoms with van der Waals surface area (Å²) in [6.07, 6.45) is 1.80. The molecule has 0 aliphatic heterocycles. The zero-order valence-electron chi connectivity index (χ0n) is 11.0. The van der Waals surface area contributed by atoms with Crippen LogP contribution in [0, 0.1) is 13.8 Å². The van der Waals surface area contributed by atoms with Gasteiger partial charge in [0.15, 0.2) is 0 Å². The minimum atomic E-state index is -0.0709. The molecule has 0 unspecified atom stereocenters. The van der Waals surface area contributed by atoms with Crippen molar-refractivity contribution in [2.45, 2.75) is 20.4 Å². The van der Waals surface area contributed by atoms with Gasteiger partial charge in [-0.2, -0.15) is 0 Å². The third kappa shape index (κ3) is 3.52. The number of aryl methyl sites for hydroxylation is 2. The lowest BCUT2D eigenvalue weighted by Crippen LogP contribution is -2.26. The number of carbonyl (C=O) groups is 1. The fourth-order valence-electron chi connectivity index (χ4n) is 1.76. The molecule has 0 saturated heterocycles. The second kappa shape index (κ2) is 5.67. The first-order valence-corrected chi connectivity index (χ1v) is 6.96. The van der Waals surface area contributed by atoms with Crippen LogP contribution in [0.2, 0.25) is 5.15 Å². The standard InChI is InChI=1S/C13H14ClN3OS/c1-8-4-10(5-12(14)16-8)13(18)17(3)7-11-6-15-9(2)19-11/h4-6H,7H2,1-3H3. The first-order valence-electron chi connectivity index (χ1n) is 5.76. The van der Waals surface area contributed by atoms with E-state index in [1.807, 2.05) is 13.8 Å². The van der Waals surface area contributed by atoms with E-state index in [4.69, 9.17) is 11.6 Å². The Hall–Kier alpha value is -1.46. The fraction of sp³-hybridized carbons (Fsp3) is 0.308. The van der Waals surface area contributed by atoms with E-state index in [1.54, 1.807) is 41.6 Å². The van der Waals surface area contributed by atoms with Crippen molar-refractivity contribution in [3.05, 3.63) is 44.6 Å². The molecule has 1 amide bonds. The Labute approximate surface area is 121 Å². The summed E-state index contributed by atoms with van der Waals surface area (Å²) < 4.78 is 0. The molecule has 0 aromatic carbocycles. The molecule has 100 valence electrons. The molecule has 0 radical (unpaired) electrons. The summed E-state index contributed by atoms with van der Waals surface area (Å²) >= 11 is 7.46. The van der Waals surface area contributed by atoms with Crippen molar-refractivity contribution in [1.82, 2.24) is 14.9 Å². The number of halogens is 1. The topological polar surface area (TPSA) is 46.1 Å². The zero-order valence-corrected chi connectivity index (χ0v) is 12.5. The number of carbonyl (C=O) groups excluding carboxylic acids is 1. The fourth-order valence-corrected chi connectivity index (χ4v) is 2.86. The monoisotopic (exact) mass is 295 g/mol. The number of aromatic nitrogens is 2. The summed E-state index contributed by atoms with van der Waals surface area (Å²) in [5.74, 6) is -0.0709. The first-order chi connectivity index (χ1) is 8.95. The number of pyridine rings is 1. The molecule has 2 rings (SSSR count). The lowest BCUT2D eigenvalue weighted by molar-refractivity contribution is 0.0786. The lowest BCUT2D eigenvalue weighted by atomic mass is 10.2. The number of hydrogen-bond acceptors (Lipinski definition) is 4. The predicted molar refractivity (Wildman–Crippen MR) is 76.6 cm³/mol. The average molecular weight is 296 g/mol. The summed E-state index contributed by atoms with van der Waals surface area (Å²) in [6, 6.07) is 3.33. The van der Waals surface area contributed by atoms with Gasteiger partial charge in [0.2, 0.25) is 0 Å². The Kier molecular flexibility index (Phi) is 4.17. The first kappa shape index (κ1) is 14.0. The van der Waals surface area contributed by atoms with Crippen LogP contribution in [0.25, 0.3) is 0 Å².